The van der Waals surface area contributed by atoms with Gasteiger partial charge in [0.15, 0.2) is 5.11 Å². The van der Waals surface area contributed by atoms with Crippen LogP contribution in [0, 0.1) is 5.92 Å². The standard InChI is InChI=1S/C15H15N3O3S/c1-7(2)14-13(17-18-15(16)22)9-5-8-3-4-12(19)20-10(8)6-11(9)21-14/h3-7,14H,1-2H3,(H3,16,18,22)/t14-/m1/s1. The number of rotatable bonds is 2. The molecule has 0 saturated heterocycles. The van der Waals surface area contributed by atoms with E-state index in [2.05, 4.69) is 10.5 Å². The molecule has 22 heavy (non-hydrogen) atoms. The van der Waals surface area contributed by atoms with Gasteiger partial charge in [0.05, 0.1) is 0 Å². The van der Waals surface area contributed by atoms with Gasteiger partial charge in [-0.1, -0.05) is 13.8 Å². The molecule has 1 aromatic heterocycles. The van der Waals surface area contributed by atoms with E-state index in [1.807, 2.05) is 19.9 Å². The third-order valence-electron chi connectivity index (χ3n) is 3.41. The first-order valence-electron chi connectivity index (χ1n) is 6.83. The first-order chi connectivity index (χ1) is 10.5. The normalized spacial score (nSPS) is 18.5. The lowest BCUT2D eigenvalue weighted by molar-refractivity contribution is 0.229. The fourth-order valence-electron chi connectivity index (χ4n) is 2.43. The average molecular weight is 317 g/mol. The van der Waals surface area contributed by atoms with E-state index in [-0.39, 0.29) is 17.1 Å². The van der Waals surface area contributed by atoms with Crippen molar-refractivity contribution in [3.8, 4) is 5.75 Å². The van der Waals surface area contributed by atoms with Crippen molar-refractivity contribution in [3.63, 3.8) is 0 Å². The number of fused-ring (bicyclic) bond motifs is 2. The third kappa shape index (κ3) is 2.55. The Balaban J connectivity index is 2.15. The lowest BCUT2D eigenvalue weighted by Gasteiger charge is -2.15. The molecule has 0 amide bonds. The molecule has 0 saturated carbocycles. The smallest absolute Gasteiger partial charge is 0.336 e. The fraction of sp³-hybridized carbons (Fsp3) is 0.267. The van der Waals surface area contributed by atoms with E-state index >= 15 is 0 Å². The molecule has 0 spiro atoms. The van der Waals surface area contributed by atoms with Crippen LogP contribution in [-0.2, 0) is 0 Å². The van der Waals surface area contributed by atoms with E-state index in [9.17, 15) is 4.79 Å². The number of hydrogen-bond donors (Lipinski definition) is 2. The minimum Gasteiger partial charge on any atom is -0.483 e. The van der Waals surface area contributed by atoms with Gasteiger partial charge in [0.25, 0.3) is 0 Å². The van der Waals surface area contributed by atoms with E-state index in [1.165, 1.54) is 6.07 Å². The topological polar surface area (TPSA) is 89.8 Å². The van der Waals surface area contributed by atoms with Crippen LogP contribution in [0.5, 0.6) is 5.75 Å². The van der Waals surface area contributed by atoms with Crippen molar-refractivity contribution in [1.29, 1.82) is 0 Å². The maximum atomic E-state index is 11.3. The first kappa shape index (κ1) is 14.5. The van der Waals surface area contributed by atoms with Crippen LogP contribution in [0.3, 0.4) is 0 Å². The molecule has 1 aliphatic rings. The molecule has 0 radical (unpaired) electrons. The minimum atomic E-state index is -0.394. The number of benzene rings is 1. The van der Waals surface area contributed by atoms with Crippen LogP contribution in [0.25, 0.3) is 11.0 Å². The second-order valence-electron chi connectivity index (χ2n) is 5.40. The van der Waals surface area contributed by atoms with Gasteiger partial charge in [-0.2, -0.15) is 5.10 Å². The van der Waals surface area contributed by atoms with E-state index in [0.717, 1.165) is 16.7 Å². The number of hydrazone groups is 1. The number of ether oxygens (including phenoxy) is 1. The predicted octanol–water partition coefficient (Wildman–Crippen LogP) is 1.75. The zero-order valence-corrected chi connectivity index (χ0v) is 12.9. The monoisotopic (exact) mass is 317 g/mol. The van der Waals surface area contributed by atoms with Crippen molar-refractivity contribution < 1.29 is 9.15 Å². The quantitative estimate of drug-likeness (QED) is 0.498. The number of nitrogens with two attached hydrogens (primary N) is 1. The van der Waals surface area contributed by atoms with E-state index < -0.39 is 5.63 Å². The molecule has 3 rings (SSSR count). The summed E-state index contributed by atoms with van der Waals surface area (Å²) in [4.78, 5) is 11.3. The molecular weight excluding hydrogens is 302 g/mol. The Bertz CT molecular complexity index is 842. The molecule has 2 heterocycles. The van der Waals surface area contributed by atoms with Gasteiger partial charge in [-0.25, -0.2) is 4.79 Å². The predicted molar refractivity (Wildman–Crippen MR) is 88.2 cm³/mol. The number of thiocarbonyl (C=S) groups is 1. The number of nitrogens with zero attached hydrogens (tertiary/aromatic N) is 1. The Kier molecular flexibility index (Phi) is 3.58. The van der Waals surface area contributed by atoms with Crippen molar-refractivity contribution in [2.45, 2.75) is 20.0 Å². The van der Waals surface area contributed by atoms with Gasteiger partial charge in [0.1, 0.15) is 23.1 Å². The Morgan fingerprint density at radius 3 is 2.86 bits per heavy atom. The van der Waals surface area contributed by atoms with Crippen LogP contribution in [0.2, 0.25) is 0 Å². The van der Waals surface area contributed by atoms with Crippen molar-refractivity contribution in [1.82, 2.24) is 5.43 Å². The van der Waals surface area contributed by atoms with E-state index in [0.29, 0.717) is 11.3 Å². The second kappa shape index (κ2) is 5.42. The van der Waals surface area contributed by atoms with Crippen molar-refractivity contribution in [2.24, 2.45) is 16.8 Å². The second-order valence-corrected chi connectivity index (χ2v) is 5.84. The summed E-state index contributed by atoms with van der Waals surface area (Å²) < 4.78 is 11.1. The molecule has 1 aliphatic heterocycles. The van der Waals surface area contributed by atoms with Crippen LogP contribution < -0.4 is 21.5 Å². The highest BCUT2D eigenvalue weighted by atomic mass is 32.1. The van der Waals surface area contributed by atoms with Crippen LogP contribution in [0.4, 0.5) is 0 Å². The molecule has 7 heteroatoms. The molecule has 0 fully saturated rings. The van der Waals surface area contributed by atoms with Crippen LogP contribution in [0.15, 0.2) is 38.6 Å². The molecule has 0 bridgehead atoms. The Morgan fingerprint density at radius 2 is 2.18 bits per heavy atom. The van der Waals surface area contributed by atoms with Gasteiger partial charge < -0.3 is 14.9 Å². The highest BCUT2D eigenvalue weighted by molar-refractivity contribution is 7.80. The molecule has 2 aromatic rings. The summed E-state index contributed by atoms with van der Waals surface area (Å²) in [5, 5.41) is 5.17. The van der Waals surface area contributed by atoms with Crippen LogP contribution >= 0.6 is 12.2 Å². The maximum absolute atomic E-state index is 11.3. The highest BCUT2D eigenvalue weighted by Gasteiger charge is 2.33. The van der Waals surface area contributed by atoms with Gasteiger partial charge in [-0.15, -0.1) is 0 Å². The maximum Gasteiger partial charge on any atom is 0.336 e. The number of hydrogen-bond acceptors (Lipinski definition) is 5. The number of nitrogens with one attached hydrogen (secondary N) is 1. The summed E-state index contributed by atoms with van der Waals surface area (Å²) in [6, 6.07) is 6.69. The molecule has 1 aromatic carbocycles. The van der Waals surface area contributed by atoms with Gasteiger partial charge in [0, 0.05) is 23.1 Å². The summed E-state index contributed by atoms with van der Waals surface area (Å²) in [5.74, 6) is 0.832. The third-order valence-corrected chi connectivity index (χ3v) is 3.50. The van der Waals surface area contributed by atoms with Gasteiger partial charge in [-0.3, -0.25) is 5.43 Å². The summed E-state index contributed by atoms with van der Waals surface area (Å²) in [5.41, 5.74) is 9.71. The van der Waals surface area contributed by atoms with Gasteiger partial charge in [0.2, 0.25) is 0 Å². The van der Waals surface area contributed by atoms with Crippen molar-refractivity contribution >= 4 is 34.0 Å². The van der Waals surface area contributed by atoms with E-state index in [1.54, 1.807) is 12.1 Å². The molecule has 114 valence electrons. The average Bonchev–Trinajstić information content (AvgIpc) is 2.80. The molecule has 6 nitrogen and oxygen atoms in total. The van der Waals surface area contributed by atoms with Crippen LogP contribution in [-0.4, -0.2) is 16.9 Å². The molecule has 0 aliphatic carbocycles. The summed E-state index contributed by atoms with van der Waals surface area (Å²) in [6.07, 6.45) is -0.222. The largest absolute Gasteiger partial charge is 0.483 e. The van der Waals surface area contributed by atoms with Gasteiger partial charge in [-0.05, 0) is 30.3 Å². The first-order valence-corrected chi connectivity index (χ1v) is 7.24. The lowest BCUT2D eigenvalue weighted by Crippen LogP contribution is -2.32. The summed E-state index contributed by atoms with van der Waals surface area (Å²) in [7, 11) is 0. The minimum absolute atomic E-state index is 0.0928. The van der Waals surface area contributed by atoms with Crippen molar-refractivity contribution in [3.05, 3.63) is 40.2 Å². The Hall–Kier alpha value is -2.41. The molecule has 0 unspecified atom stereocenters. The summed E-state index contributed by atoms with van der Waals surface area (Å²) >= 11 is 4.79. The lowest BCUT2D eigenvalue weighted by atomic mass is 9.98. The van der Waals surface area contributed by atoms with Crippen molar-refractivity contribution in [2.75, 3.05) is 0 Å². The zero-order valence-electron chi connectivity index (χ0n) is 12.1. The van der Waals surface area contributed by atoms with Gasteiger partial charge >= 0.3 is 5.63 Å². The highest BCUT2D eigenvalue weighted by Crippen LogP contribution is 2.35. The Labute approximate surface area is 131 Å². The molecule has 1 atom stereocenters. The van der Waals surface area contributed by atoms with Crippen LogP contribution in [0.1, 0.15) is 19.4 Å². The molecule has 3 N–H and O–H groups in total. The Morgan fingerprint density at radius 1 is 1.41 bits per heavy atom. The van der Waals surface area contributed by atoms with E-state index in [4.69, 9.17) is 27.1 Å². The fourth-order valence-corrected chi connectivity index (χ4v) is 2.48. The molecular formula is C15H15N3O3S. The summed E-state index contributed by atoms with van der Waals surface area (Å²) in [6.45, 7) is 4.07. The zero-order chi connectivity index (χ0) is 15.9. The SMILES string of the molecule is CC(C)[C@H]1Oc2cc3oc(=O)ccc3cc2C1=NNC(N)=S.